The molecule has 22 heavy (non-hydrogen) atoms. The molecule has 0 aromatic carbocycles. The topological polar surface area (TPSA) is 3.24 Å². The second-order valence-corrected chi connectivity index (χ2v) is 9.74. The van der Waals surface area contributed by atoms with Crippen LogP contribution in [0.3, 0.4) is 0 Å². The molecule has 3 aliphatic rings. The van der Waals surface area contributed by atoms with Crippen molar-refractivity contribution in [3.8, 4) is 0 Å². The van der Waals surface area contributed by atoms with Crippen LogP contribution < -0.4 is 0 Å². The molecule has 3 rings (SSSR count). The molecule has 1 nitrogen and oxygen atoms in total. The van der Waals surface area contributed by atoms with Crippen LogP contribution >= 0.6 is 0 Å². The van der Waals surface area contributed by atoms with Gasteiger partial charge in [-0.1, -0.05) is 27.7 Å². The summed E-state index contributed by atoms with van der Waals surface area (Å²) in [6.07, 6.45) is 12.1. The predicted octanol–water partition coefficient (Wildman–Crippen LogP) is 5.60. The van der Waals surface area contributed by atoms with Crippen LogP contribution in [-0.4, -0.2) is 24.5 Å². The van der Waals surface area contributed by atoms with E-state index in [0.29, 0.717) is 0 Å². The highest BCUT2D eigenvalue weighted by Gasteiger charge is 2.46. The normalized spacial score (nSPS) is 37.9. The Bertz CT molecular complexity index is 332. The van der Waals surface area contributed by atoms with Gasteiger partial charge < -0.3 is 4.90 Å². The van der Waals surface area contributed by atoms with Gasteiger partial charge in [-0.05, 0) is 99.5 Å². The van der Waals surface area contributed by atoms with Crippen LogP contribution in [-0.2, 0) is 0 Å². The summed E-state index contributed by atoms with van der Waals surface area (Å²) in [5.74, 6) is 4.86. The molecule has 0 bridgehead atoms. The molecule has 1 aliphatic heterocycles. The summed E-state index contributed by atoms with van der Waals surface area (Å²) in [4.78, 5) is 2.79. The van der Waals surface area contributed by atoms with E-state index >= 15 is 0 Å². The first-order valence-electron chi connectivity index (χ1n) is 10.2. The van der Waals surface area contributed by atoms with Gasteiger partial charge in [-0.15, -0.1) is 0 Å². The highest BCUT2D eigenvalue weighted by molar-refractivity contribution is 4.98. The largest absolute Gasteiger partial charge is 0.303 e. The number of likely N-dealkylation sites (tertiary alicyclic amines) is 1. The van der Waals surface area contributed by atoms with E-state index < -0.39 is 0 Å². The fraction of sp³-hybridized carbons (Fsp3) is 1.00. The van der Waals surface area contributed by atoms with Gasteiger partial charge in [0.15, 0.2) is 0 Å². The van der Waals surface area contributed by atoms with Crippen LogP contribution in [0.5, 0.6) is 0 Å². The van der Waals surface area contributed by atoms with Crippen molar-refractivity contribution in [3.05, 3.63) is 0 Å². The molecule has 2 aliphatic carbocycles. The average Bonchev–Trinajstić information content (AvgIpc) is 2.46. The smallest absolute Gasteiger partial charge is 0.00101 e. The van der Waals surface area contributed by atoms with Gasteiger partial charge in [0, 0.05) is 6.54 Å². The zero-order valence-electron chi connectivity index (χ0n) is 15.6. The quantitative estimate of drug-likeness (QED) is 0.653. The monoisotopic (exact) mass is 305 g/mol. The molecule has 0 amide bonds. The number of hydrogen-bond donors (Lipinski definition) is 0. The highest BCUT2D eigenvalue weighted by Crippen LogP contribution is 2.56. The van der Waals surface area contributed by atoms with E-state index in [-0.39, 0.29) is 0 Å². The van der Waals surface area contributed by atoms with Gasteiger partial charge in [-0.3, -0.25) is 0 Å². The van der Waals surface area contributed by atoms with E-state index in [1.54, 1.807) is 25.7 Å². The van der Waals surface area contributed by atoms with Gasteiger partial charge in [0.05, 0.1) is 0 Å². The molecule has 0 radical (unpaired) electrons. The van der Waals surface area contributed by atoms with Crippen LogP contribution in [0.1, 0.15) is 79.1 Å². The molecule has 1 heteroatoms. The Morgan fingerprint density at radius 1 is 0.818 bits per heavy atom. The first-order valence-corrected chi connectivity index (χ1v) is 10.2. The lowest BCUT2D eigenvalue weighted by atomic mass is 9.54. The molecule has 0 atom stereocenters. The number of rotatable bonds is 4. The summed E-state index contributed by atoms with van der Waals surface area (Å²) in [6, 6.07) is 0. The maximum Gasteiger partial charge on any atom is 0.00101 e. The minimum absolute atomic E-state index is 0.798. The Morgan fingerprint density at radius 2 is 1.32 bits per heavy atom. The Hall–Kier alpha value is -0.0400. The predicted molar refractivity (Wildman–Crippen MR) is 96.0 cm³/mol. The van der Waals surface area contributed by atoms with E-state index in [0.717, 1.165) is 35.0 Å². The van der Waals surface area contributed by atoms with Crippen molar-refractivity contribution in [2.24, 2.45) is 35.0 Å². The maximum absolute atomic E-state index is 2.79. The van der Waals surface area contributed by atoms with Crippen molar-refractivity contribution in [1.82, 2.24) is 4.90 Å². The lowest BCUT2D eigenvalue weighted by Gasteiger charge is -2.53. The number of piperidine rings is 1. The maximum atomic E-state index is 2.79. The third kappa shape index (κ3) is 3.71. The first kappa shape index (κ1) is 16.8. The Balaban J connectivity index is 1.36. The summed E-state index contributed by atoms with van der Waals surface area (Å²) >= 11 is 0. The van der Waals surface area contributed by atoms with Crippen LogP contribution in [0, 0.1) is 35.0 Å². The van der Waals surface area contributed by atoms with Crippen molar-refractivity contribution in [2.45, 2.75) is 79.1 Å². The molecular formula is C21H39N. The summed E-state index contributed by atoms with van der Waals surface area (Å²) in [7, 11) is 0. The minimum atomic E-state index is 0.798. The molecule has 1 heterocycles. The molecule has 0 N–H and O–H groups in total. The van der Waals surface area contributed by atoms with Crippen molar-refractivity contribution >= 4 is 0 Å². The number of nitrogens with zero attached hydrogens (tertiary/aromatic N) is 1. The van der Waals surface area contributed by atoms with Gasteiger partial charge in [0.1, 0.15) is 0 Å². The molecule has 0 unspecified atom stereocenters. The van der Waals surface area contributed by atoms with E-state index in [9.17, 15) is 0 Å². The van der Waals surface area contributed by atoms with E-state index in [1.807, 2.05) is 0 Å². The summed E-state index contributed by atoms with van der Waals surface area (Å²) in [5.41, 5.74) is 0.798. The molecule has 2 saturated carbocycles. The molecular weight excluding hydrogens is 266 g/mol. The fourth-order valence-corrected chi connectivity index (χ4v) is 5.79. The van der Waals surface area contributed by atoms with Crippen molar-refractivity contribution < 1.29 is 0 Å². The summed E-state index contributed by atoms with van der Waals surface area (Å²) in [6.45, 7) is 13.8. The Morgan fingerprint density at radius 3 is 1.82 bits per heavy atom. The van der Waals surface area contributed by atoms with Crippen LogP contribution in [0.4, 0.5) is 0 Å². The molecule has 0 aromatic heterocycles. The number of hydrogen-bond acceptors (Lipinski definition) is 1. The van der Waals surface area contributed by atoms with Crippen LogP contribution in [0.15, 0.2) is 0 Å². The average molecular weight is 306 g/mol. The van der Waals surface area contributed by atoms with Gasteiger partial charge in [-0.2, -0.15) is 0 Å². The molecule has 3 fully saturated rings. The van der Waals surface area contributed by atoms with E-state index in [4.69, 9.17) is 0 Å². The SMILES string of the molecule is CC(C)C1CCN(CC2CC3(CCC(C(C)C)CC3)C2)CC1. The second-order valence-electron chi connectivity index (χ2n) is 9.74. The zero-order valence-corrected chi connectivity index (χ0v) is 15.6. The van der Waals surface area contributed by atoms with Gasteiger partial charge in [-0.25, -0.2) is 0 Å². The summed E-state index contributed by atoms with van der Waals surface area (Å²) < 4.78 is 0. The molecule has 128 valence electrons. The van der Waals surface area contributed by atoms with Gasteiger partial charge >= 0.3 is 0 Å². The van der Waals surface area contributed by atoms with Crippen molar-refractivity contribution in [2.75, 3.05) is 19.6 Å². The van der Waals surface area contributed by atoms with E-state index in [2.05, 4.69) is 32.6 Å². The fourth-order valence-electron chi connectivity index (χ4n) is 5.79. The molecule has 1 spiro atoms. The molecule has 0 aromatic rings. The third-order valence-electron chi connectivity index (χ3n) is 7.57. The zero-order chi connectivity index (χ0) is 15.7. The van der Waals surface area contributed by atoms with Gasteiger partial charge in [0.2, 0.25) is 0 Å². The summed E-state index contributed by atoms with van der Waals surface area (Å²) in [5, 5.41) is 0. The Labute approximate surface area is 139 Å². The van der Waals surface area contributed by atoms with Crippen LogP contribution in [0.25, 0.3) is 0 Å². The minimum Gasteiger partial charge on any atom is -0.303 e. The second kappa shape index (κ2) is 6.83. The van der Waals surface area contributed by atoms with Crippen molar-refractivity contribution in [1.29, 1.82) is 0 Å². The Kier molecular flexibility index (Phi) is 5.22. The first-order chi connectivity index (χ1) is 10.5. The highest BCUT2D eigenvalue weighted by atomic mass is 15.1. The van der Waals surface area contributed by atoms with Crippen LogP contribution in [0.2, 0.25) is 0 Å². The van der Waals surface area contributed by atoms with Crippen molar-refractivity contribution in [3.63, 3.8) is 0 Å². The third-order valence-corrected chi connectivity index (χ3v) is 7.57. The standard InChI is InChI=1S/C21H39N/c1-16(2)19-5-9-21(10-6-19)13-18(14-21)15-22-11-7-20(8-12-22)17(3)4/h16-20H,5-15H2,1-4H3. The van der Waals surface area contributed by atoms with E-state index in [1.165, 1.54) is 45.3 Å². The molecule has 1 saturated heterocycles. The lowest BCUT2D eigenvalue weighted by Crippen LogP contribution is -2.47. The van der Waals surface area contributed by atoms with Gasteiger partial charge in [0.25, 0.3) is 0 Å². The lowest BCUT2D eigenvalue weighted by molar-refractivity contribution is -0.0248.